The van der Waals surface area contributed by atoms with E-state index < -0.39 is 52.8 Å². The van der Waals surface area contributed by atoms with Crippen LogP contribution in [0.2, 0.25) is 0 Å². The minimum absolute atomic E-state index is 0. The predicted octanol–water partition coefficient (Wildman–Crippen LogP) is -7.61. The third kappa shape index (κ3) is 45.1. The van der Waals surface area contributed by atoms with Gasteiger partial charge in [-0.05, 0) is 0 Å². The van der Waals surface area contributed by atoms with Crippen LogP contribution in [0.3, 0.4) is 0 Å². The van der Waals surface area contributed by atoms with Crippen molar-refractivity contribution < 1.29 is 107 Å². The van der Waals surface area contributed by atoms with Crippen molar-refractivity contribution >= 4 is 27.1 Å². The van der Waals surface area contributed by atoms with E-state index in [-0.39, 0.29) is 58.4 Å². The van der Waals surface area contributed by atoms with E-state index in [0.29, 0.717) is 0 Å². The smallest absolute Gasteiger partial charge is 0.810 e. The minimum Gasteiger partial charge on any atom is -0.810 e. The van der Waals surface area contributed by atoms with Crippen LogP contribution in [0.15, 0.2) is 0 Å². The number of carboxylic acids is 2. The number of carboxylic acid groups (broad SMARTS) is 2. The molecule has 0 atom stereocenters. The zero-order chi connectivity index (χ0) is 16.4. The summed E-state index contributed by atoms with van der Waals surface area (Å²) < 4.78 is 19.6. The minimum atomic E-state index is -4.62. The Morgan fingerprint density at radius 2 is 0.913 bits per heavy atom. The zero-order valence-electron chi connectivity index (χ0n) is 11.9. The summed E-state index contributed by atoms with van der Waals surface area (Å²) in [6, 6.07) is 0. The van der Waals surface area contributed by atoms with Gasteiger partial charge in [0.1, 0.15) is 0 Å². The second-order valence-electron chi connectivity index (χ2n) is 3.14. The molecule has 12 nitrogen and oxygen atoms in total. The van der Waals surface area contributed by atoms with Crippen molar-refractivity contribution in [1.82, 2.24) is 10.6 Å². The van der Waals surface area contributed by atoms with E-state index in [9.17, 15) is 48.5 Å². The normalized spacial score (nSPS) is 9.91. The molecule has 0 aliphatic carbocycles. The standard InChI is InChI=1S/2C3H8NO5P.3Zn/c2*5-3(6)1-4-2-10(7,8)9;;;/h2*4H,1-2H2,(H,5,6)(H2,7,8,9);;;/q;;3*+2/p-6. The molecule has 0 aliphatic rings. The molecule has 120 valence electrons. The van der Waals surface area contributed by atoms with Gasteiger partial charge in [0.25, 0.3) is 0 Å². The van der Waals surface area contributed by atoms with Gasteiger partial charge >= 0.3 is 58.4 Å². The van der Waals surface area contributed by atoms with Crippen LogP contribution < -0.4 is 40.4 Å². The van der Waals surface area contributed by atoms with Crippen LogP contribution in [0.4, 0.5) is 0 Å². The first-order valence-corrected chi connectivity index (χ1v) is 8.12. The fourth-order valence-corrected chi connectivity index (χ4v) is 1.36. The zero-order valence-corrected chi connectivity index (χ0v) is 22.6. The predicted molar refractivity (Wildman–Crippen MR) is 51.0 cm³/mol. The van der Waals surface area contributed by atoms with Gasteiger partial charge in [-0.1, -0.05) is 15.2 Å². The molecular weight excluding hydrogens is 518 g/mol. The molecule has 0 saturated heterocycles. The molecule has 23 heavy (non-hydrogen) atoms. The van der Waals surface area contributed by atoms with E-state index in [1.54, 1.807) is 0 Å². The monoisotopic (exact) mass is 524 g/mol. The summed E-state index contributed by atoms with van der Waals surface area (Å²) in [5.41, 5.74) is 0. The van der Waals surface area contributed by atoms with E-state index in [0.717, 1.165) is 0 Å². The Balaban J connectivity index is -0.0000000831. The summed E-state index contributed by atoms with van der Waals surface area (Å²) in [7, 11) is -9.25. The van der Waals surface area contributed by atoms with Gasteiger partial charge in [-0.25, -0.2) is 0 Å². The summed E-state index contributed by atoms with van der Waals surface area (Å²) >= 11 is 0. The van der Waals surface area contributed by atoms with Crippen molar-refractivity contribution in [2.24, 2.45) is 0 Å². The third-order valence-corrected chi connectivity index (χ3v) is 2.37. The van der Waals surface area contributed by atoms with Crippen molar-refractivity contribution in [1.29, 1.82) is 0 Å². The summed E-state index contributed by atoms with van der Waals surface area (Å²) in [5, 5.41) is 23.0. The second-order valence-corrected chi connectivity index (χ2v) is 6.21. The van der Waals surface area contributed by atoms with Crippen molar-refractivity contribution in [2.75, 3.05) is 25.7 Å². The van der Waals surface area contributed by atoms with Crippen LogP contribution >= 0.6 is 15.2 Å². The summed E-state index contributed by atoms with van der Waals surface area (Å²) in [4.78, 5) is 58.5. The molecule has 0 unspecified atom stereocenters. The number of rotatable bonds is 8. The molecule has 0 amide bonds. The average Bonchev–Trinajstić information content (AvgIpc) is 2.12. The van der Waals surface area contributed by atoms with Gasteiger partial charge in [0.05, 0.1) is 11.9 Å². The Kier molecular flexibility index (Phi) is 27.3. The van der Waals surface area contributed by atoms with Gasteiger partial charge in [0, 0.05) is 25.7 Å². The maximum Gasteiger partial charge on any atom is 2.00 e. The van der Waals surface area contributed by atoms with Gasteiger partial charge in [0.15, 0.2) is 0 Å². The Morgan fingerprint density at radius 1 is 0.696 bits per heavy atom. The number of carbonyl (C=O) groups is 2. The maximum absolute atomic E-state index is 9.81. The molecule has 0 radical (unpaired) electrons. The number of aliphatic carboxylic acids is 2. The van der Waals surface area contributed by atoms with E-state index in [1.165, 1.54) is 0 Å². The quantitative estimate of drug-likeness (QED) is 0.221. The fraction of sp³-hybridized carbons (Fsp3) is 0.667. The van der Waals surface area contributed by atoms with Crippen LogP contribution in [0.5, 0.6) is 0 Å². The maximum atomic E-state index is 9.81. The first kappa shape index (κ1) is 35.2. The number of nitrogens with one attached hydrogen (secondary N) is 2. The Hall–Kier alpha value is 1.03. The molecule has 0 aromatic rings. The third-order valence-electron chi connectivity index (χ3n) is 1.15. The molecule has 0 aromatic carbocycles. The largest absolute Gasteiger partial charge is 2.00 e. The summed E-state index contributed by atoms with van der Waals surface area (Å²) in [6.45, 7) is -1.26. The van der Waals surface area contributed by atoms with Crippen LogP contribution in [0, 0.1) is 0 Å². The molecule has 0 bridgehead atoms. The molecule has 0 saturated carbocycles. The molecular formula is C6H10N2O10P2Zn3. The molecule has 0 aromatic heterocycles. The van der Waals surface area contributed by atoms with E-state index in [2.05, 4.69) is 0 Å². The molecule has 17 heteroatoms. The average molecular weight is 528 g/mol. The van der Waals surface area contributed by atoms with E-state index in [1.807, 2.05) is 10.6 Å². The Morgan fingerprint density at radius 3 is 1.04 bits per heavy atom. The molecule has 0 fully saturated rings. The first-order chi connectivity index (χ1) is 8.83. The molecule has 0 aliphatic heterocycles. The number of carbonyl (C=O) groups excluding carboxylic acids is 2. The van der Waals surface area contributed by atoms with Crippen molar-refractivity contribution in [3.8, 4) is 0 Å². The second kappa shape index (κ2) is 17.8. The van der Waals surface area contributed by atoms with Crippen molar-refractivity contribution in [3.63, 3.8) is 0 Å². The SMILES string of the molecule is O=C([O-])CNCP(=O)([O-])[O-].O=C([O-])CNCP(=O)([O-])[O-].[Zn+2].[Zn+2].[Zn+2]. The first-order valence-electron chi connectivity index (χ1n) is 4.67. The van der Waals surface area contributed by atoms with E-state index in [4.69, 9.17) is 0 Å². The van der Waals surface area contributed by atoms with Crippen LogP contribution in [0.25, 0.3) is 0 Å². The van der Waals surface area contributed by atoms with Crippen LogP contribution in [-0.2, 0) is 77.2 Å². The Labute approximate surface area is 169 Å². The number of hydrogen-bond donors (Lipinski definition) is 2. The number of hydrogen-bond acceptors (Lipinski definition) is 12. The van der Waals surface area contributed by atoms with E-state index >= 15 is 0 Å². The molecule has 2 N–H and O–H groups in total. The van der Waals surface area contributed by atoms with Crippen LogP contribution in [0.1, 0.15) is 0 Å². The van der Waals surface area contributed by atoms with Gasteiger partial charge in [0.2, 0.25) is 0 Å². The van der Waals surface area contributed by atoms with Gasteiger partial charge in [-0.15, -0.1) is 0 Å². The molecule has 0 spiro atoms. The molecule has 0 heterocycles. The Bertz CT molecular complexity index is 375. The van der Waals surface area contributed by atoms with Crippen molar-refractivity contribution in [2.45, 2.75) is 0 Å². The molecule has 0 rings (SSSR count). The van der Waals surface area contributed by atoms with Crippen molar-refractivity contribution in [3.05, 3.63) is 0 Å². The van der Waals surface area contributed by atoms with Gasteiger partial charge in [-0.3, -0.25) is 0 Å². The van der Waals surface area contributed by atoms with Crippen LogP contribution in [-0.4, -0.2) is 37.6 Å². The van der Waals surface area contributed by atoms with Gasteiger partial charge in [-0.2, -0.15) is 0 Å². The summed E-state index contributed by atoms with van der Waals surface area (Å²) in [6.07, 6.45) is -1.72. The topological polar surface area (TPSA) is 231 Å². The fourth-order valence-electron chi connectivity index (χ4n) is 0.590. The van der Waals surface area contributed by atoms with Gasteiger partial charge < -0.3 is 59.1 Å². The summed E-state index contributed by atoms with van der Waals surface area (Å²) in [5.74, 6) is -2.90.